The number of aromatic nitrogens is 4. The van der Waals surface area contributed by atoms with E-state index < -0.39 is 23.6 Å². The molecule has 4 aromatic rings. The average Bonchev–Trinajstić information content (AvgIpc) is 2.92. The fourth-order valence-electron chi connectivity index (χ4n) is 4.56. The number of rotatable bonds is 5. The molecule has 3 aromatic heterocycles. The van der Waals surface area contributed by atoms with Crippen LogP contribution in [0, 0.1) is 0 Å². The molecule has 1 aromatic carbocycles. The second kappa shape index (κ2) is 10.9. The van der Waals surface area contributed by atoms with Crippen LogP contribution in [0.5, 0.6) is 0 Å². The van der Waals surface area contributed by atoms with Crippen molar-refractivity contribution in [3.05, 3.63) is 71.8 Å². The average molecular weight is 576 g/mol. The lowest BCUT2D eigenvalue weighted by atomic mass is 10.0. The highest BCUT2D eigenvalue weighted by atomic mass is 19.4. The van der Waals surface area contributed by atoms with Crippen LogP contribution in [0.3, 0.4) is 0 Å². The molecular formula is C27H23F6N7O. The predicted molar refractivity (Wildman–Crippen MR) is 138 cm³/mol. The van der Waals surface area contributed by atoms with Gasteiger partial charge in [0, 0.05) is 50.2 Å². The standard InChI is InChI=1S/C27H23F6N7O/c1-16(41)40-12-10-39(11-13-40)15-23-35-20-14-17(24-19(26(28,29)30)4-3-9-34-24)7-8-18(20)25(38-23)37-22-6-2-5-21(36-22)27(31,32)33/h2-9,14H,10-13,15H2,1H3,(H,35,36,37,38). The van der Waals surface area contributed by atoms with E-state index in [0.717, 1.165) is 12.1 Å². The smallest absolute Gasteiger partial charge is 0.340 e. The van der Waals surface area contributed by atoms with Crippen molar-refractivity contribution < 1.29 is 31.1 Å². The first kappa shape index (κ1) is 28.2. The summed E-state index contributed by atoms with van der Waals surface area (Å²) in [5.41, 5.74) is -1.86. The number of carbonyl (C=O) groups is 1. The molecule has 1 amide bonds. The Morgan fingerprint density at radius 1 is 0.902 bits per heavy atom. The number of alkyl halides is 6. The molecule has 1 aliphatic heterocycles. The minimum absolute atomic E-state index is 0.0352. The van der Waals surface area contributed by atoms with Crippen LogP contribution in [-0.2, 0) is 23.7 Å². The maximum absolute atomic E-state index is 13.7. The van der Waals surface area contributed by atoms with Crippen molar-refractivity contribution in [2.45, 2.75) is 25.8 Å². The Bertz CT molecular complexity index is 1580. The highest BCUT2D eigenvalue weighted by Crippen LogP contribution is 2.37. The summed E-state index contributed by atoms with van der Waals surface area (Å²) in [7, 11) is 0. The molecule has 0 aliphatic carbocycles. The molecule has 5 rings (SSSR count). The Labute approximate surface area is 230 Å². The van der Waals surface area contributed by atoms with Gasteiger partial charge in [-0.2, -0.15) is 26.3 Å². The summed E-state index contributed by atoms with van der Waals surface area (Å²) in [6.45, 7) is 3.83. The zero-order chi connectivity index (χ0) is 29.4. The molecule has 1 aliphatic rings. The SMILES string of the molecule is CC(=O)N1CCN(Cc2nc(Nc3cccc(C(F)(F)F)n3)c3ccc(-c4ncccc4C(F)(F)F)cc3n2)CC1. The van der Waals surface area contributed by atoms with Crippen molar-refractivity contribution in [3.63, 3.8) is 0 Å². The summed E-state index contributed by atoms with van der Waals surface area (Å²) < 4.78 is 80.8. The Morgan fingerprint density at radius 3 is 2.34 bits per heavy atom. The first-order valence-electron chi connectivity index (χ1n) is 12.5. The van der Waals surface area contributed by atoms with E-state index in [1.54, 1.807) is 4.90 Å². The van der Waals surface area contributed by atoms with E-state index in [1.165, 1.54) is 49.5 Å². The summed E-state index contributed by atoms with van der Waals surface area (Å²) in [4.78, 5) is 32.1. The second-order valence-corrected chi connectivity index (χ2v) is 9.43. The summed E-state index contributed by atoms with van der Waals surface area (Å²) in [5, 5.41) is 3.19. The fourth-order valence-corrected chi connectivity index (χ4v) is 4.56. The molecule has 0 unspecified atom stereocenters. The predicted octanol–water partition coefficient (Wildman–Crippen LogP) is 5.53. The summed E-state index contributed by atoms with van der Waals surface area (Å²) >= 11 is 0. The van der Waals surface area contributed by atoms with Gasteiger partial charge < -0.3 is 10.2 Å². The number of nitrogens with zero attached hydrogens (tertiary/aromatic N) is 6. The third kappa shape index (κ3) is 6.37. The first-order chi connectivity index (χ1) is 19.4. The van der Waals surface area contributed by atoms with E-state index in [-0.39, 0.29) is 46.7 Å². The molecule has 214 valence electrons. The molecule has 0 bridgehead atoms. The maximum Gasteiger partial charge on any atom is 0.433 e. The molecular weight excluding hydrogens is 552 g/mol. The van der Waals surface area contributed by atoms with E-state index >= 15 is 0 Å². The van der Waals surface area contributed by atoms with Crippen molar-refractivity contribution in [3.8, 4) is 11.3 Å². The molecule has 0 radical (unpaired) electrons. The molecule has 1 fully saturated rings. The molecule has 8 nitrogen and oxygen atoms in total. The van der Waals surface area contributed by atoms with Gasteiger partial charge in [-0.05, 0) is 36.4 Å². The van der Waals surface area contributed by atoms with Gasteiger partial charge in [0.15, 0.2) is 0 Å². The van der Waals surface area contributed by atoms with Crippen molar-refractivity contribution in [1.29, 1.82) is 0 Å². The third-order valence-electron chi connectivity index (χ3n) is 6.60. The number of hydrogen-bond acceptors (Lipinski definition) is 7. The number of nitrogens with one attached hydrogen (secondary N) is 1. The van der Waals surface area contributed by atoms with Gasteiger partial charge in [0.05, 0.1) is 23.3 Å². The number of benzene rings is 1. The van der Waals surface area contributed by atoms with Crippen LogP contribution in [0.4, 0.5) is 38.0 Å². The number of amides is 1. The Kier molecular flexibility index (Phi) is 7.51. The van der Waals surface area contributed by atoms with Crippen LogP contribution in [-0.4, -0.2) is 61.8 Å². The fraction of sp³-hybridized carbons (Fsp3) is 0.296. The number of carbonyl (C=O) groups excluding carboxylic acids is 1. The van der Waals surface area contributed by atoms with Gasteiger partial charge in [0.25, 0.3) is 0 Å². The molecule has 14 heteroatoms. The number of halogens is 6. The van der Waals surface area contributed by atoms with Gasteiger partial charge in [-0.25, -0.2) is 15.0 Å². The molecule has 4 heterocycles. The highest BCUT2D eigenvalue weighted by molar-refractivity contribution is 5.93. The topological polar surface area (TPSA) is 87.1 Å². The Balaban J connectivity index is 1.56. The van der Waals surface area contributed by atoms with Gasteiger partial charge in [0.1, 0.15) is 23.2 Å². The summed E-state index contributed by atoms with van der Waals surface area (Å²) in [6, 6.07) is 9.88. The van der Waals surface area contributed by atoms with Gasteiger partial charge in [-0.3, -0.25) is 14.7 Å². The summed E-state index contributed by atoms with van der Waals surface area (Å²) in [5.74, 6) is 0.279. The molecule has 1 saturated heterocycles. The number of anilines is 2. The van der Waals surface area contributed by atoms with Gasteiger partial charge in [-0.15, -0.1) is 0 Å². The number of fused-ring (bicyclic) bond motifs is 1. The van der Waals surface area contributed by atoms with Gasteiger partial charge >= 0.3 is 12.4 Å². The lowest BCUT2D eigenvalue weighted by Gasteiger charge is -2.33. The third-order valence-corrected chi connectivity index (χ3v) is 6.60. The zero-order valence-electron chi connectivity index (χ0n) is 21.6. The number of piperazine rings is 1. The molecule has 1 N–H and O–H groups in total. The lowest BCUT2D eigenvalue weighted by Crippen LogP contribution is -2.47. The van der Waals surface area contributed by atoms with Crippen LogP contribution in [0.2, 0.25) is 0 Å². The van der Waals surface area contributed by atoms with Gasteiger partial charge in [-0.1, -0.05) is 12.1 Å². The largest absolute Gasteiger partial charge is 0.433 e. The molecule has 0 spiro atoms. The van der Waals surface area contributed by atoms with E-state index in [0.29, 0.717) is 31.6 Å². The van der Waals surface area contributed by atoms with Crippen molar-refractivity contribution in [2.75, 3.05) is 31.5 Å². The normalized spacial score (nSPS) is 14.9. The molecule has 0 saturated carbocycles. The van der Waals surface area contributed by atoms with Crippen molar-refractivity contribution in [1.82, 2.24) is 29.7 Å². The van der Waals surface area contributed by atoms with Crippen LogP contribution < -0.4 is 5.32 Å². The minimum Gasteiger partial charge on any atom is -0.340 e. The molecule has 0 atom stereocenters. The van der Waals surface area contributed by atoms with E-state index in [4.69, 9.17) is 0 Å². The number of hydrogen-bond donors (Lipinski definition) is 1. The van der Waals surface area contributed by atoms with E-state index in [2.05, 4.69) is 25.3 Å². The van der Waals surface area contributed by atoms with Crippen molar-refractivity contribution >= 4 is 28.4 Å². The van der Waals surface area contributed by atoms with Crippen LogP contribution in [0.1, 0.15) is 24.0 Å². The Hall–Kier alpha value is -4.33. The lowest BCUT2D eigenvalue weighted by molar-refractivity contribution is -0.141. The van der Waals surface area contributed by atoms with E-state index in [9.17, 15) is 31.1 Å². The van der Waals surface area contributed by atoms with Crippen LogP contribution in [0.15, 0.2) is 54.7 Å². The first-order valence-corrected chi connectivity index (χ1v) is 12.5. The monoisotopic (exact) mass is 575 g/mol. The minimum atomic E-state index is -4.66. The summed E-state index contributed by atoms with van der Waals surface area (Å²) in [6.07, 6.45) is -8.04. The van der Waals surface area contributed by atoms with Crippen molar-refractivity contribution in [2.24, 2.45) is 0 Å². The highest BCUT2D eigenvalue weighted by Gasteiger charge is 2.35. The maximum atomic E-state index is 13.7. The second-order valence-electron chi connectivity index (χ2n) is 9.43. The molecule has 41 heavy (non-hydrogen) atoms. The van der Waals surface area contributed by atoms with Crippen LogP contribution in [0.25, 0.3) is 22.2 Å². The zero-order valence-corrected chi connectivity index (χ0v) is 21.6. The van der Waals surface area contributed by atoms with E-state index in [1.807, 2.05) is 4.90 Å². The van der Waals surface area contributed by atoms with Gasteiger partial charge in [0.2, 0.25) is 5.91 Å². The quantitative estimate of drug-likeness (QED) is 0.313. The van der Waals surface area contributed by atoms with Crippen LogP contribution >= 0.6 is 0 Å². The number of pyridine rings is 2. The Morgan fingerprint density at radius 2 is 1.66 bits per heavy atom.